The van der Waals surface area contributed by atoms with Crippen LogP contribution in [0.15, 0.2) is 12.3 Å². The zero-order valence-corrected chi connectivity index (χ0v) is 10.2. The van der Waals surface area contributed by atoms with E-state index in [4.69, 9.17) is 5.11 Å². The van der Waals surface area contributed by atoms with E-state index >= 15 is 0 Å². The molecule has 1 saturated heterocycles. The second kappa shape index (κ2) is 5.31. The molecule has 0 aromatic carbocycles. The first-order valence-corrected chi connectivity index (χ1v) is 6.06. The summed E-state index contributed by atoms with van der Waals surface area (Å²) < 4.78 is 1.89. The fourth-order valence-corrected chi connectivity index (χ4v) is 2.38. The van der Waals surface area contributed by atoms with Crippen LogP contribution in [0.25, 0.3) is 0 Å². The molecule has 0 amide bonds. The van der Waals surface area contributed by atoms with E-state index in [0.717, 1.165) is 32.5 Å². The minimum Gasteiger partial charge on any atom is -0.481 e. The van der Waals surface area contributed by atoms with E-state index in [1.165, 1.54) is 5.69 Å². The normalized spacial score (nSPS) is 18.4. The van der Waals surface area contributed by atoms with Gasteiger partial charge in [-0.2, -0.15) is 5.10 Å². The molecule has 1 aromatic heterocycles. The number of likely N-dealkylation sites (tertiary alicyclic amines) is 1. The van der Waals surface area contributed by atoms with Crippen LogP contribution in [0.4, 0.5) is 0 Å². The zero-order valence-electron chi connectivity index (χ0n) is 10.2. The second-order valence-corrected chi connectivity index (χ2v) is 4.76. The average molecular weight is 237 g/mol. The molecule has 2 heterocycles. The zero-order chi connectivity index (χ0) is 12.3. The Morgan fingerprint density at radius 1 is 1.53 bits per heavy atom. The molecule has 0 atom stereocenters. The Bertz CT molecular complexity index is 381. The van der Waals surface area contributed by atoms with E-state index in [2.05, 4.69) is 10.00 Å². The Morgan fingerprint density at radius 2 is 2.24 bits per heavy atom. The number of nitrogens with zero attached hydrogens (tertiary/aromatic N) is 3. The fourth-order valence-electron chi connectivity index (χ4n) is 2.38. The van der Waals surface area contributed by atoms with Crippen LogP contribution in [0, 0.1) is 5.92 Å². The van der Waals surface area contributed by atoms with Gasteiger partial charge in [-0.15, -0.1) is 0 Å². The van der Waals surface area contributed by atoms with Gasteiger partial charge in [-0.3, -0.25) is 14.4 Å². The molecule has 94 valence electrons. The average Bonchev–Trinajstić information content (AvgIpc) is 2.67. The summed E-state index contributed by atoms with van der Waals surface area (Å²) in [5.74, 6) is -0.314. The van der Waals surface area contributed by atoms with Crippen LogP contribution >= 0.6 is 0 Å². The van der Waals surface area contributed by atoms with Crippen molar-refractivity contribution in [3.05, 3.63) is 18.0 Å². The first-order chi connectivity index (χ1) is 8.15. The van der Waals surface area contributed by atoms with Crippen molar-refractivity contribution in [1.82, 2.24) is 14.7 Å². The van der Waals surface area contributed by atoms with Gasteiger partial charge in [0, 0.05) is 26.2 Å². The van der Waals surface area contributed by atoms with E-state index < -0.39 is 5.97 Å². The third kappa shape index (κ3) is 3.30. The molecule has 5 nitrogen and oxygen atoms in total. The summed E-state index contributed by atoms with van der Waals surface area (Å²) in [6.07, 6.45) is 4.11. The van der Waals surface area contributed by atoms with E-state index in [1.54, 1.807) is 0 Å². The highest BCUT2D eigenvalue weighted by molar-refractivity contribution is 5.67. The number of piperidine rings is 1. The third-order valence-corrected chi connectivity index (χ3v) is 3.48. The van der Waals surface area contributed by atoms with Crippen molar-refractivity contribution in [3.63, 3.8) is 0 Å². The molecule has 0 saturated carbocycles. The SMILES string of the molecule is Cn1nccc1CN1CCC(CC(=O)O)CC1. The van der Waals surface area contributed by atoms with Gasteiger partial charge in [-0.05, 0) is 37.9 Å². The van der Waals surface area contributed by atoms with Crippen molar-refractivity contribution < 1.29 is 9.90 Å². The van der Waals surface area contributed by atoms with Gasteiger partial charge in [0.15, 0.2) is 0 Å². The van der Waals surface area contributed by atoms with Crippen LogP contribution in [-0.2, 0) is 18.4 Å². The van der Waals surface area contributed by atoms with Gasteiger partial charge >= 0.3 is 5.97 Å². The van der Waals surface area contributed by atoms with Crippen LogP contribution in [0.1, 0.15) is 25.0 Å². The van der Waals surface area contributed by atoms with Gasteiger partial charge in [0.2, 0.25) is 0 Å². The number of aliphatic carboxylic acids is 1. The minimum absolute atomic E-state index is 0.319. The summed E-state index contributed by atoms with van der Waals surface area (Å²) in [5.41, 5.74) is 1.21. The maximum Gasteiger partial charge on any atom is 0.303 e. The quantitative estimate of drug-likeness (QED) is 0.852. The highest BCUT2D eigenvalue weighted by atomic mass is 16.4. The van der Waals surface area contributed by atoms with E-state index in [9.17, 15) is 4.79 Å². The second-order valence-electron chi connectivity index (χ2n) is 4.76. The highest BCUT2D eigenvalue weighted by Crippen LogP contribution is 2.21. The molecule has 0 unspecified atom stereocenters. The predicted molar refractivity (Wildman–Crippen MR) is 63.5 cm³/mol. The minimum atomic E-state index is -0.671. The third-order valence-electron chi connectivity index (χ3n) is 3.48. The van der Waals surface area contributed by atoms with Crippen molar-refractivity contribution in [1.29, 1.82) is 0 Å². The Kier molecular flexibility index (Phi) is 3.78. The van der Waals surface area contributed by atoms with E-state index in [0.29, 0.717) is 12.3 Å². The Morgan fingerprint density at radius 3 is 2.76 bits per heavy atom. The van der Waals surface area contributed by atoms with Gasteiger partial charge in [0.25, 0.3) is 0 Å². The molecule has 1 N–H and O–H groups in total. The van der Waals surface area contributed by atoms with Gasteiger partial charge < -0.3 is 5.11 Å². The number of carboxylic acid groups (broad SMARTS) is 1. The lowest BCUT2D eigenvalue weighted by molar-refractivity contribution is -0.138. The van der Waals surface area contributed by atoms with Crippen LogP contribution < -0.4 is 0 Å². The van der Waals surface area contributed by atoms with Crippen LogP contribution in [0.2, 0.25) is 0 Å². The summed E-state index contributed by atoms with van der Waals surface area (Å²) in [5, 5.41) is 12.9. The molecule has 2 rings (SSSR count). The summed E-state index contributed by atoms with van der Waals surface area (Å²) in [6, 6.07) is 2.03. The molecule has 5 heteroatoms. The Hall–Kier alpha value is -1.36. The van der Waals surface area contributed by atoms with E-state index in [1.807, 2.05) is 24.0 Å². The Labute approximate surface area is 101 Å². The van der Waals surface area contributed by atoms with Crippen molar-refractivity contribution in [2.75, 3.05) is 13.1 Å². The summed E-state index contributed by atoms with van der Waals surface area (Å²) in [6.45, 7) is 2.89. The number of rotatable bonds is 4. The molecular formula is C12H19N3O2. The lowest BCUT2D eigenvalue weighted by Gasteiger charge is -2.31. The molecule has 0 spiro atoms. The number of aryl methyl sites for hydroxylation is 1. The molecule has 1 aliphatic rings. The number of carboxylic acids is 1. The number of hydrogen-bond acceptors (Lipinski definition) is 3. The topological polar surface area (TPSA) is 58.4 Å². The largest absolute Gasteiger partial charge is 0.481 e. The van der Waals surface area contributed by atoms with Crippen molar-refractivity contribution in [2.45, 2.75) is 25.8 Å². The maximum atomic E-state index is 10.6. The lowest BCUT2D eigenvalue weighted by atomic mass is 9.93. The van der Waals surface area contributed by atoms with Gasteiger partial charge in [-0.1, -0.05) is 0 Å². The Balaban J connectivity index is 1.79. The van der Waals surface area contributed by atoms with Crippen LogP contribution in [0.5, 0.6) is 0 Å². The molecule has 17 heavy (non-hydrogen) atoms. The van der Waals surface area contributed by atoms with Gasteiger partial charge in [-0.25, -0.2) is 0 Å². The lowest BCUT2D eigenvalue weighted by Crippen LogP contribution is -2.34. The molecule has 1 aliphatic heterocycles. The highest BCUT2D eigenvalue weighted by Gasteiger charge is 2.21. The monoisotopic (exact) mass is 237 g/mol. The summed E-state index contributed by atoms with van der Waals surface area (Å²) in [4.78, 5) is 13.0. The smallest absolute Gasteiger partial charge is 0.303 e. The van der Waals surface area contributed by atoms with Crippen molar-refractivity contribution in [3.8, 4) is 0 Å². The molecular weight excluding hydrogens is 218 g/mol. The van der Waals surface area contributed by atoms with Gasteiger partial charge in [0.05, 0.1) is 5.69 Å². The molecule has 1 fully saturated rings. The van der Waals surface area contributed by atoms with Crippen molar-refractivity contribution in [2.24, 2.45) is 13.0 Å². The van der Waals surface area contributed by atoms with E-state index in [-0.39, 0.29) is 0 Å². The number of hydrogen-bond donors (Lipinski definition) is 1. The fraction of sp³-hybridized carbons (Fsp3) is 0.667. The summed E-state index contributed by atoms with van der Waals surface area (Å²) in [7, 11) is 1.95. The number of carbonyl (C=O) groups is 1. The molecule has 0 radical (unpaired) electrons. The van der Waals surface area contributed by atoms with Crippen LogP contribution in [-0.4, -0.2) is 38.8 Å². The predicted octanol–water partition coefficient (Wildman–Crippen LogP) is 1.11. The number of aromatic nitrogens is 2. The van der Waals surface area contributed by atoms with Crippen molar-refractivity contribution >= 4 is 5.97 Å². The maximum absolute atomic E-state index is 10.6. The van der Waals surface area contributed by atoms with Crippen LogP contribution in [0.3, 0.4) is 0 Å². The van der Waals surface area contributed by atoms with Gasteiger partial charge in [0.1, 0.15) is 0 Å². The molecule has 0 aliphatic carbocycles. The molecule has 1 aromatic rings. The molecule has 0 bridgehead atoms. The summed E-state index contributed by atoms with van der Waals surface area (Å²) >= 11 is 0. The first-order valence-electron chi connectivity index (χ1n) is 6.06. The standard InChI is InChI=1S/C12H19N3O2/c1-14-11(2-5-13-14)9-15-6-3-10(4-7-15)8-12(16)17/h2,5,10H,3-4,6-9H2,1H3,(H,16,17). The first kappa shape index (κ1) is 12.1.